The lowest BCUT2D eigenvalue weighted by molar-refractivity contribution is 0.0203. The maximum Gasteiger partial charge on any atom is 0.131 e. The fourth-order valence-electron chi connectivity index (χ4n) is 1.95. The van der Waals surface area contributed by atoms with Crippen molar-refractivity contribution in [2.45, 2.75) is 18.3 Å². The quantitative estimate of drug-likeness (QED) is 0.784. The van der Waals surface area contributed by atoms with E-state index in [4.69, 9.17) is 4.74 Å². The highest BCUT2D eigenvalue weighted by Gasteiger charge is 2.37. The van der Waals surface area contributed by atoms with E-state index in [-0.39, 0.29) is 6.61 Å². The van der Waals surface area contributed by atoms with Crippen LogP contribution < -0.4 is 0 Å². The summed E-state index contributed by atoms with van der Waals surface area (Å²) in [6, 6.07) is 9.45. The van der Waals surface area contributed by atoms with Gasteiger partial charge in [0.2, 0.25) is 0 Å². The van der Waals surface area contributed by atoms with Crippen LogP contribution >= 0.6 is 0 Å². The van der Waals surface area contributed by atoms with Gasteiger partial charge in [0.25, 0.3) is 0 Å². The molecule has 1 aromatic carbocycles. The van der Waals surface area contributed by atoms with Crippen molar-refractivity contribution in [1.82, 2.24) is 15.0 Å². The summed E-state index contributed by atoms with van der Waals surface area (Å²) in [6.07, 6.45) is -0.890. The van der Waals surface area contributed by atoms with Gasteiger partial charge in [-0.3, -0.25) is 0 Å². The molecule has 0 bridgehead atoms. The molecule has 1 aliphatic rings. The summed E-state index contributed by atoms with van der Waals surface area (Å²) >= 11 is 0. The summed E-state index contributed by atoms with van der Waals surface area (Å²) in [4.78, 5) is 1.47. The van der Waals surface area contributed by atoms with Crippen LogP contribution in [0.1, 0.15) is 11.8 Å². The Hall–Kier alpha value is -1.76. The summed E-state index contributed by atoms with van der Waals surface area (Å²) < 4.78 is 5.30. The Labute approximate surface area is 103 Å². The van der Waals surface area contributed by atoms with Gasteiger partial charge in [0.05, 0.1) is 18.5 Å². The molecule has 1 aliphatic heterocycles. The number of hydrogen-bond donors (Lipinski definition) is 2. The summed E-state index contributed by atoms with van der Waals surface area (Å²) in [5.41, 5.74) is 1.35. The van der Waals surface area contributed by atoms with Crippen molar-refractivity contribution >= 4 is 0 Å². The molecule has 0 unspecified atom stereocenters. The number of para-hydroxylation sites is 1. The number of hydrogen-bond acceptors (Lipinski definition) is 5. The molecule has 2 N–H and O–H groups in total. The molecule has 1 aromatic heterocycles. The van der Waals surface area contributed by atoms with Gasteiger partial charge in [-0.1, -0.05) is 18.2 Å². The van der Waals surface area contributed by atoms with Crippen molar-refractivity contribution in [3.05, 3.63) is 42.2 Å². The molecule has 0 saturated carbocycles. The Morgan fingerprint density at radius 3 is 2.67 bits per heavy atom. The number of rotatable bonds is 2. The lowest BCUT2D eigenvalue weighted by Gasteiger charge is -2.11. The first-order chi connectivity index (χ1) is 8.75. The number of benzene rings is 1. The van der Waals surface area contributed by atoms with Crippen LogP contribution in [0.15, 0.2) is 36.5 Å². The molecule has 6 nitrogen and oxygen atoms in total. The molecule has 6 heteroatoms. The standard InChI is InChI=1S/C12H13N3O3/c16-10-7-18-12(11(10)17)9-6-13-15(14-9)8-4-2-1-3-5-8/h1-6,10-12,16-17H,7H2/t10-,11+,12+/m1/s1. The maximum atomic E-state index is 9.74. The predicted octanol–water partition coefficient (Wildman–Crippen LogP) is 0.0604. The molecule has 0 radical (unpaired) electrons. The Morgan fingerprint density at radius 1 is 1.22 bits per heavy atom. The van der Waals surface area contributed by atoms with Crippen LogP contribution in [-0.2, 0) is 4.74 Å². The van der Waals surface area contributed by atoms with Crippen molar-refractivity contribution in [3.63, 3.8) is 0 Å². The van der Waals surface area contributed by atoms with Crippen LogP contribution in [-0.4, -0.2) is 44.0 Å². The maximum absolute atomic E-state index is 9.74. The van der Waals surface area contributed by atoms with Crippen molar-refractivity contribution in [1.29, 1.82) is 0 Å². The van der Waals surface area contributed by atoms with Gasteiger partial charge in [0, 0.05) is 0 Å². The smallest absolute Gasteiger partial charge is 0.131 e. The number of aliphatic hydroxyl groups is 2. The van der Waals surface area contributed by atoms with E-state index in [0.29, 0.717) is 5.69 Å². The topological polar surface area (TPSA) is 80.4 Å². The third-order valence-corrected chi connectivity index (χ3v) is 2.94. The van der Waals surface area contributed by atoms with Gasteiger partial charge >= 0.3 is 0 Å². The third-order valence-electron chi connectivity index (χ3n) is 2.94. The Balaban J connectivity index is 1.86. The van der Waals surface area contributed by atoms with Crippen molar-refractivity contribution in [2.75, 3.05) is 6.61 Å². The highest BCUT2D eigenvalue weighted by Crippen LogP contribution is 2.27. The Bertz CT molecular complexity index is 528. The number of nitrogens with zero attached hydrogens (tertiary/aromatic N) is 3. The molecule has 1 saturated heterocycles. The van der Waals surface area contributed by atoms with E-state index in [0.717, 1.165) is 5.69 Å². The monoisotopic (exact) mass is 247 g/mol. The van der Waals surface area contributed by atoms with E-state index in [9.17, 15) is 10.2 Å². The molecule has 18 heavy (non-hydrogen) atoms. The van der Waals surface area contributed by atoms with Gasteiger partial charge in [-0.25, -0.2) is 0 Å². The summed E-state index contributed by atoms with van der Waals surface area (Å²) in [5.74, 6) is 0. The molecule has 0 aliphatic carbocycles. The minimum Gasteiger partial charge on any atom is -0.388 e. The van der Waals surface area contributed by atoms with E-state index < -0.39 is 18.3 Å². The van der Waals surface area contributed by atoms with Crippen molar-refractivity contribution < 1.29 is 14.9 Å². The van der Waals surface area contributed by atoms with Crippen molar-refractivity contribution in [2.24, 2.45) is 0 Å². The van der Waals surface area contributed by atoms with Gasteiger partial charge in [-0.05, 0) is 12.1 Å². The fourth-order valence-corrected chi connectivity index (χ4v) is 1.95. The van der Waals surface area contributed by atoms with Crippen LogP contribution in [0.2, 0.25) is 0 Å². The average Bonchev–Trinajstić information content (AvgIpc) is 3.00. The highest BCUT2D eigenvalue weighted by atomic mass is 16.5. The van der Waals surface area contributed by atoms with Gasteiger partial charge in [0.1, 0.15) is 24.0 Å². The third kappa shape index (κ3) is 1.90. The lowest BCUT2D eigenvalue weighted by atomic mass is 10.1. The van der Waals surface area contributed by atoms with Crippen LogP contribution in [0.4, 0.5) is 0 Å². The van der Waals surface area contributed by atoms with Crippen LogP contribution in [0.25, 0.3) is 5.69 Å². The van der Waals surface area contributed by atoms with E-state index in [1.54, 1.807) is 6.20 Å². The zero-order valence-electron chi connectivity index (χ0n) is 9.55. The number of aliphatic hydroxyl groups excluding tert-OH is 2. The first-order valence-electron chi connectivity index (χ1n) is 5.71. The second-order valence-electron chi connectivity index (χ2n) is 4.21. The van der Waals surface area contributed by atoms with Gasteiger partial charge in [-0.2, -0.15) is 15.0 Å². The molecule has 1 fully saturated rings. The second kappa shape index (κ2) is 4.49. The number of aromatic nitrogens is 3. The number of ether oxygens (including phenoxy) is 1. The highest BCUT2D eigenvalue weighted by molar-refractivity contribution is 5.28. The largest absolute Gasteiger partial charge is 0.388 e. The van der Waals surface area contributed by atoms with Crippen LogP contribution in [0.5, 0.6) is 0 Å². The minimum atomic E-state index is -0.953. The van der Waals surface area contributed by atoms with Gasteiger partial charge in [0.15, 0.2) is 0 Å². The van der Waals surface area contributed by atoms with Gasteiger partial charge in [-0.15, -0.1) is 0 Å². The SMILES string of the molecule is O[C@H]1[C@H](O)CO[C@H]1c1cnn(-c2ccccc2)n1. The normalized spacial score (nSPS) is 27.6. The van der Waals surface area contributed by atoms with Crippen LogP contribution in [0, 0.1) is 0 Å². The summed E-state index contributed by atoms with van der Waals surface area (Å²) in [7, 11) is 0. The molecule has 2 aromatic rings. The zero-order valence-corrected chi connectivity index (χ0v) is 9.55. The predicted molar refractivity (Wildman–Crippen MR) is 62.1 cm³/mol. The second-order valence-corrected chi connectivity index (χ2v) is 4.21. The molecule has 2 heterocycles. The molecular weight excluding hydrogens is 234 g/mol. The molecule has 0 spiro atoms. The Morgan fingerprint density at radius 2 is 2.00 bits per heavy atom. The summed E-state index contributed by atoms with van der Waals surface area (Å²) in [6.45, 7) is 0.115. The van der Waals surface area contributed by atoms with Crippen LogP contribution in [0.3, 0.4) is 0 Å². The van der Waals surface area contributed by atoms with Gasteiger partial charge < -0.3 is 14.9 Å². The van der Waals surface area contributed by atoms with E-state index in [1.165, 1.54) is 4.80 Å². The zero-order chi connectivity index (χ0) is 12.5. The lowest BCUT2D eigenvalue weighted by Crippen LogP contribution is -2.25. The van der Waals surface area contributed by atoms with E-state index >= 15 is 0 Å². The first-order valence-corrected chi connectivity index (χ1v) is 5.71. The van der Waals surface area contributed by atoms with Crippen molar-refractivity contribution in [3.8, 4) is 5.69 Å². The summed E-state index contributed by atoms with van der Waals surface area (Å²) in [5, 5.41) is 27.5. The average molecular weight is 247 g/mol. The fraction of sp³-hybridized carbons (Fsp3) is 0.333. The minimum absolute atomic E-state index is 0.115. The Kier molecular flexibility index (Phi) is 2.83. The first kappa shape index (κ1) is 11.3. The molecule has 3 atom stereocenters. The van der Waals surface area contributed by atoms with E-state index in [2.05, 4.69) is 10.2 Å². The molecule has 0 amide bonds. The molecule has 94 valence electrons. The molecule has 3 rings (SSSR count). The molecular formula is C12H13N3O3. The van der Waals surface area contributed by atoms with E-state index in [1.807, 2.05) is 30.3 Å².